The molecule has 2 atom stereocenters. The first-order chi connectivity index (χ1) is 14.0. The third kappa shape index (κ3) is 8.76. The van der Waals surface area contributed by atoms with Crippen LogP contribution in [-0.2, 0) is 22.4 Å². The molecule has 160 valence electrons. The molecule has 0 radical (unpaired) electrons. The fourth-order valence-corrected chi connectivity index (χ4v) is 2.43. The normalized spacial score (nSPS) is 12.2. The lowest BCUT2D eigenvalue weighted by Gasteiger charge is -2.07. The third-order valence-corrected chi connectivity index (χ3v) is 4.29. The average molecular weight is 417 g/mol. The Morgan fingerprint density at radius 2 is 1.13 bits per heavy atom. The van der Waals surface area contributed by atoms with Gasteiger partial charge in [0.2, 0.25) is 0 Å². The monoisotopic (exact) mass is 417 g/mol. The topological polar surface area (TPSA) is 182 Å². The van der Waals surface area contributed by atoms with E-state index < -0.39 is 38.1 Å². The smallest absolute Gasteiger partial charge is 0.481 e. The summed E-state index contributed by atoms with van der Waals surface area (Å²) < 4.78 is 0. The van der Waals surface area contributed by atoms with Crippen LogP contribution in [0.3, 0.4) is 0 Å². The van der Waals surface area contributed by atoms with Gasteiger partial charge in [0.15, 0.2) is 0 Å². The Balaban J connectivity index is 0.000000300. The zero-order valence-electron chi connectivity index (χ0n) is 16.4. The van der Waals surface area contributed by atoms with E-state index in [2.05, 4.69) is 0 Å². The molecule has 2 aromatic rings. The highest BCUT2D eigenvalue weighted by Crippen LogP contribution is 2.07. The zero-order chi connectivity index (χ0) is 22.8. The van der Waals surface area contributed by atoms with Crippen molar-refractivity contribution < 1.29 is 39.9 Å². The summed E-state index contributed by atoms with van der Waals surface area (Å²) in [5, 5.41) is 52.6. The summed E-state index contributed by atoms with van der Waals surface area (Å²) >= 11 is 0. The van der Waals surface area contributed by atoms with Crippen molar-refractivity contribution in [1.29, 1.82) is 0 Å². The SMILES string of the molecule is C[C@@H](Cc1ccc(B(O)O)cc1)C(=O)O.N[C@@H](Cc1ccc(B(O)O)cc1)C(=O)O. The van der Waals surface area contributed by atoms with E-state index in [0.717, 1.165) is 11.1 Å². The van der Waals surface area contributed by atoms with Crippen molar-refractivity contribution >= 4 is 37.1 Å². The third-order valence-electron chi connectivity index (χ3n) is 4.29. The highest BCUT2D eigenvalue weighted by Gasteiger charge is 2.14. The highest BCUT2D eigenvalue weighted by atomic mass is 16.4. The van der Waals surface area contributed by atoms with E-state index in [1.807, 2.05) is 0 Å². The molecule has 0 bridgehead atoms. The predicted molar refractivity (Wildman–Crippen MR) is 112 cm³/mol. The van der Waals surface area contributed by atoms with Crippen molar-refractivity contribution in [2.24, 2.45) is 11.7 Å². The molecule has 0 aromatic heterocycles. The molecule has 2 rings (SSSR count). The lowest BCUT2D eigenvalue weighted by molar-refractivity contribution is -0.141. The van der Waals surface area contributed by atoms with Crippen LogP contribution in [0.4, 0.5) is 0 Å². The van der Waals surface area contributed by atoms with Gasteiger partial charge in [-0.25, -0.2) is 0 Å². The van der Waals surface area contributed by atoms with Crippen LogP contribution in [0.15, 0.2) is 48.5 Å². The Kier molecular flexibility index (Phi) is 10.2. The number of carboxylic acid groups (broad SMARTS) is 2. The van der Waals surface area contributed by atoms with E-state index in [-0.39, 0.29) is 6.42 Å². The second kappa shape index (κ2) is 12.1. The molecule has 0 heterocycles. The van der Waals surface area contributed by atoms with Crippen LogP contribution < -0.4 is 16.7 Å². The molecule has 0 aliphatic rings. The molecule has 30 heavy (non-hydrogen) atoms. The Bertz CT molecular complexity index is 743. The molecule has 8 N–H and O–H groups in total. The Morgan fingerprint density at radius 3 is 1.43 bits per heavy atom. The van der Waals surface area contributed by atoms with Crippen molar-refractivity contribution in [3.05, 3.63) is 59.7 Å². The fourth-order valence-electron chi connectivity index (χ4n) is 2.43. The van der Waals surface area contributed by atoms with Gasteiger partial charge in [0.1, 0.15) is 6.04 Å². The van der Waals surface area contributed by atoms with Gasteiger partial charge in [0.25, 0.3) is 0 Å². The van der Waals surface area contributed by atoms with Gasteiger partial charge >= 0.3 is 26.2 Å². The van der Waals surface area contributed by atoms with Gasteiger partial charge < -0.3 is 36.0 Å². The van der Waals surface area contributed by atoms with Crippen molar-refractivity contribution in [2.75, 3.05) is 0 Å². The first-order valence-corrected chi connectivity index (χ1v) is 9.12. The summed E-state index contributed by atoms with van der Waals surface area (Å²) in [5.74, 6) is -2.32. The summed E-state index contributed by atoms with van der Waals surface area (Å²) in [6, 6.07) is 11.9. The first-order valence-electron chi connectivity index (χ1n) is 9.12. The summed E-state index contributed by atoms with van der Waals surface area (Å²) in [7, 11) is -2.98. The number of benzene rings is 2. The quantitative estimate of drug-likeness (QED) is 0.238. The van der Waals surface area contributed by atoms with Crippen LogP contribution in [0.25, 0.3) is 0 Å². The Morgan fingerprint density at radius 1 is 0.767 bits per heavy atom. The van der Waals surface area contributed by atoms with Crippen LogP contribution in [0.2, 0.25) is 0 Å². The molecule has 9 nitrogen and oxygen atoms in total. The standard InChI is InChI=1S/C10H13BO4.C9H12BNO4/c1-7(10(12)13)6-8-2-4-9(5-3-8)11(14)15;11-8(9(12)13)5-6-1-3-7(4-2-6)10(14)15/h2-5,7,14-15H,6H2,1H3,(H,12,13);1-4,8,14-15H,5,11H2,(H,12,13)/t7-;8-/m00/s1. The maximum atomic E-state index is 10.6. The number of hydrogen-bond donors (Lipinski definition) is 7. The van der Waals surface area contributed by atoms with Crippen molar-refractivity contribution in [2.45, 2.75) is 25.8 Å². The average Bonchev–Trinajstić information content (AvgIpc) is 2.69. The van der Waals surface area contributed by atoms with Gasteiger partial charge in [-0.15, -0.1) is 0 Å². The molecule has 0 spiro atoms. The molecule has 0 aliphatic carbocycles. The largest absolute Gasteiger partial charge is 0.488 e. The molecular weight excluding hydrogens is 392 g/mol. The fraction of sp³-hybridized carbons (Fsp3) is 0.263. The molecule has 0 unspecified atom stereocenters. The van der Waals surface area contributed by atoms with Crippen molar-refractivity contribution in [3.63, 3.8) is 0 Å². The van der Waals surface area contributed by atoms with Crippen molar-refractivity contribution in [3.8, 4) is 0 Å². The lowest BCUT2D eigenvalue weighted by atomic mass is 9.80. The minimum Gasteiger partial charge on any atom is -0.481 e. The van der Waals surface area contributed by atoms with Gasteiger partial charge in [-0.3, -0.25) is 9.59 Å². The maximum Gasteiger partial charge on any atom is 0.488 e. The molecule has 11 heteroatoms. The minimum atomic E-state index is -1.51. The van der Waals surface area contributed by atoms with E-state index >= 15 is 0 Å². The molecular formula is C19H25B2NO8. The maximum absolute atomic E-state index is 10.6. The van der Waals surface area contributed by atoms with Crippen LogP contribution in [0.5, 0.6) is 0 Å². The Labute approximate surface area is 174 Å². The second-order valence-electron chi connectivity index (χ2n) is 6.82. The van der Waals surface area contributed by atoms with Crippen LogP contribution >= 0.6 is 0 Å². The summed E-state index contributed by atoms with van der Waals surface area (Å²) in [5.41, 5.74) is 7.73. The van der Waals surface area contributed by atoms with E-state index in [1.165, 1.54) is 12.1 Å². The summed E-state index contributed by atoms with van der Waals surface area (Å²) in [4.78, 5) is 21.1. The van der Waals surface area contributed by atoms with Crippen molar-refractivity contribution in [1.82, 2.24) is 0 Å². The summed E-state index contributed by atoms with van der Waals surface area (Å²) in [6.07, 6.45) is 0.661. The molecule has 0 saturated carbocycles. The Hall–Kier alpha value is -2.69. The van der Waals surface area contributed by atoms with Crippen LogP contribution in [-0.4, -0.2) is 62.5 Å². The number of aliphatic carboxylic acids is 2. The second-order valence-corrected chi connectivity index (χ2v) is 6.82. The molecule has 0 amide bonds. The predicted octanol–water partition coefficient (Wildman–Crippen LogP) is -2.05. The zero-order valence-corrected chi connectivity index (χ0v) is 16.4. The first kappa shape index (κ1) is 25.3. The van der Waals surface area contributed by atoms with E-state index in [0.29, 0.717) is 17.3 Å². The minimum absolute atomic E-state index is 0.219. The van der Waals surface area contributed by atoms with Gasteiger partial charge in [-0.05, 0) is 34.9 Å². The van der Waals surface area contributed by atoms with Crippen LogP contribution in [0.1, 0.15) is 18.1 Å². The van der Waals surface area contributed by atoms with Gasteiger partial charge in [-0.1, -0.05) is 55.5 Å². The van der Waals surface area contributed by atoms with Gasteiger partial charge in [0.05, 0.1) is 5.92 Å². The number of carboxylic acids is 2. The molecule has 2 aromatic carbocycles. The van der Waals surface area contributed by atoms with Gasteiger partial charge in [-0.2, -0.15) is 0 Å². The van der Waals surface area contributed by atoms with E-state index in [9.17, 15) is 9.59 Å². The number of rotatable bonds is 8. The number of nitrogens with two attached hydrogens (primary N) is 1. The number of carbonyl (C=O) groups is 2. The summed E-state index contributed by atoms with van der Waals surface area (Å²) in [6.45, 7) is 1.64. The molecule has 0 fully saturated rings. The number of hydrogen-bond acceptors (Lipinski definition) is 7. The van der Waals surface area contributed by atoms with E-state index in [4.69, 9.17) is 36.0 Å². The van der Waals surface area contributed by atoms with Crippen LogP contribution in [0, 0.1) is 5.92 Å². The van der Waals surface area contributed by atoms with Gasteiger partial charge in [0, 0.05) is 0 Å². The lowest BCUT2D eigenvalue weighted by Crippen LogP contribution is -2.33. The van der Waals surface area contributed by atoms with E-state index in [1.54, 1.807) is 43.3 Å². The molecule has 0 aliphatic heterocycles. The molecule has 0 saturated heterocycles. The highest BCUT2D eigenvalue weighted by molar-refractivity contribution is 6.58.